The fraction of sp³-hybridized carbons (Fsp3) is 0.375. The third-order valence-electron chi connectivity index (χ3n) is 5.55. The molecule has 178 valence electrons. The molecule has 8 nitrogen and oxygen atoms in total. The first-order chi connectivity index (χ1) is 16.3. The van der Waals surface area contributed by atoms with Gasteiger partial charge in [0.2, 0.25) is 10.0 Å². The van der Waals surface area contributed by atoms with Crippen LogP contribution in [0.2, 0.25) is 0 Å². The van der Waals surface area contributed by atoms with E-state index in [1.54, 1.807) is 12.1 Å². The average Bonchev–Trinajstić information content (AvgIpc) is 3.28. The van der Waals surface area contributed by atoms with Crippen LogP contribution in [-0.2, 0) is 16.4 Å². The molecule has 0 bridgehead atoms. The van der Waals surface area contributed by atoms with Gasteiger partial charge in [-0.05, 0) is 62.4 Å². The van der Waals surface area contributed by atoms with Crippen LogP contribution in [0.3, 0.4) is 0 Å². The lowest BCUT2D eigenvalue weighted by atomic mass is 9.85. The number of fused-ring (bicyclic) bond motifs is 1. The van der Waals surface area contributed by atoms with Crippen molar-refractivity contribution in [2.24, 2.45) is 0 Å². The Kier molecular flexibility index (Phi) is 7.28. The second-order valence-corrected chi connectivity index (χ2v) is 11.2. The van der Waals surface area contributed by atoms with Crippen molar-refractivity contribution in [2.75, 3.05) is 12.4 Å². The molecule has 1 heterocycles. The van der Waals surface area contributed by atoms with Crippen LogP contribution in [0.15, 0.2) is 36.4 Å². The molecule has 0 aliphatic heterocycles. The maximum Gasteiger partial charge on any atom is 0.214 e. The first kappa shape index (κ1) is 24.3. The molecule has 0 saturated carbocycles. The summed E-state index contributed by atoms with van der Waals surface area (Å²) in [6.45, 7) is 3.41. The van der Waals surface area contributed by atoms with E-state index in [4.69, 9.17) is 9.84 Å². The summed E-state index contributed by atoms with van der Waals surface area (Å²) in [7, 11) is -3.56. The van der Waals surface area contributed by atoms with Crippen LogP contribution in [0, 0.1) is 11.3 Å². The van der Waals surface area contributed by atoms with Crippen LogP contribution >= 0.6 is 11.3 Å². The molecule has 1 atom stereocenters. The largest absolute Gasteiger partial charge is 0.490 e. The van der Waals surface area contributed by atoms with Crippen molar-refractivity contribution in [1.29, 1.82) is 5.26 Å². The lowest BCUT2D eigenvalue weighted by Gasteiger charge is -2.27. The van der Waals surface area contributed by atoms with Gasteiger partial charge in [0, 0.05) is 17.2 Å². The second-order valence-electron chi connectivity index (χ2n) is 8.38. The Morgan fingerprint density at radius 1 is 1.26 bits per heavy atom. The SMILES string of the molecule is CC(C)Oc1ccc(-c2nnc(-c3cccc4c3CCCC4NS(=O)(=O)CCO)s2)cc1C#N. The molecule has 34 heavy (non-hydrogen) atoms. The van der Waals surface area contributed by atoms with Crippen LogP contribution in [0.5, 0.6) is 5.75 Å². The van der Waals surface area contributed by atoms with Crippen molar-refractivity contribution in [3.63, 3.8) is 0 Å². The maximum absolute atomic E-state index is 12.2. The highest BCUT2D eigenvalue weighted by molar-refractivity contribution is 7.89. The van der Waals surface area contributed by atoms with Gasteiger partial charge in [0.25, 0.3) is 0 Å². The molecule has 10 heteroatoms. The second kappa shape index (κ2) is 10.2. The lowest BCUT2D eigenvalue weighted by Crippen LogP contribution is -2.33. The number of hydrogen-bond donors (Lipinski definition) is 2. The van der Waals surface area contributed by atoms with Crippen LogP contribution in [0.25, 0.3) is 21.1 Å². The van der Waals surface area contributed by atoms with E-state index in [1.807, 2.05) is 38.1 Å². The number of rotatable bonds is 8. The van der Waals surface area contributed by atoms with Crippen LogP contribution in [-0.4, -0.2) is 42.2 Å². The van der Waals surface area contributed by atoms with E-state index in [2.05, 4.69) is 21.0 Å². The Morgan fingerprint density at radius 3 is 2.79 bits per heavy atom. The number of nitrogens with one attached hydrogen (secondary N) is 1. The topological polar surface area (TPSA) is 125 Å². The summed E-state index contributed by atoms with van der Waals surface area (Å²) < 4.78 is 32.9. The summed E-state index contributed by atoms with van der Waals surface area (Å²) >= 11 is 1.43. The van der Waals surface area contributed by atoms with Crippen LogP contribution in [0.1, 0.15) is 49.4 Å². The summed E-state index contributed by atoms with van der Waals surface area (Å²) in [5.74, 6) is 0.224. The number of hydrogen-bond acceptors (Lipinski definition) is 8. The van der Waals surface area contributed by atoms with Gasteiger partial charge >= 0.3 is 0 Å². The lowest BCUT2D eigenvalue weighted by molar-refractivity contribution is 0.242. The summed E-state index contributed by atoms with van der Waals surface area (Å²) in [6.07, 6.45) is 2.32. The van der Waals surface area contributed by atoms with Crippen molar-refractivity contribution < 1.29 is 18.3 Å². The quantitative estimate of drug-likeness (QED) is 0.484. The van der Waals surface area contributed by atoms with E-state index in [9.17, 15) is 13.7 Å². The number of benzene rings is 2. The van der Waals surface area contributed by atoms with E-state index in [-0.39, 0.29) is 17.9 Å². The van der Waals surface area contributed by atoms with E-state index in [1.165, 1.54) is 11.3 Å². The van der Waals surface area contributed by atoms with E-state index in [0.29, 0.717) is 22.7 Å². The average molecular weight is 499 g/mol. The molecule has 1 aliphatic carbocycles. The zero-order valence-electron chi connectivity index (χ0n) is 19.0. The molecule has 2 aromatic carbocycles. The fourth-order valence-electron chi connectivity index (χ4n) is 4.12. The third kappa shape index (κ3) is 5.28. The summed E-state index contributed by atoms with van der Waals surface area (Å²) in [5, 5.41) is 28.8. The minimum atomic E-state index is -3.56. The van der Waals surface area contributed by atoms with Gasteiger partial charge in [0.05, 0.1) is 24.0 Å². The van der Waals surface area contributed by atoms with Crippen molar-refractivity contribution >= 4 is 21.4 Å². The van der Waals surface area contributed by atoms with Gasteiger partial charge in [0.1, 0.15) is 21.8 Å². The Hall–Kier alpha value is -2.84. The highest BCUT2D eigenvalue weighted by Crippen LogP contribution is 2.39. The highest BCUT2D eigenvalue weighted by atomic mass is 32.2. The predicted molar refractivity (Wildman–Crippen MR) is 131 cm³/mol. The van der Waals surface area contributed by atoms with Gasteiger partial charge in [0.15, 0.2) is 0 Å². The highest BCUT2D eigenvalue weighted by Gasteiger charge is 2.27. The molecule has 1 aromatic heterocycles. The maximum atomic E-state index is 12.2. The molecule has 4 rings (SSSR count). The number of nitriles is 1. The molecule has 0 radical (unpaired) electrons. The van der Waals surface area contributed by atoms with Crippen LogP contribution in [0.4, 0.5) is 0 Å². The first-order valence-corrected chi connectivity index (χ1v) is 13.6. The molecule has 0 spiro atoms. The Bertz CT molecular complexity index is 1330. The number of aliphatic hydroxyl groups is 1. The summed E-state index contributed by atoms with van der Waals surface area (Å²) in [6, 6.07) is 13.1. The van der Waals surface area contributed by atoms with E-state index >= 15 is 0 Å². The van der Waals surface area contributed by atoms with Crippen molar-refractivity contribution in [2.45, 2.75) is 45.3 Å². The Labute approximate surface area is 203 Å². The number of sulfonamides is 1. The van der Waals surface area contributed by atoms with E-state index in [0.717, 1.165) is 40.1 Å². The molecule has 2 N–H and O–H groups in total. The van der Waals surface area contributed by atoms with Crippen molar-refractivity contribution in [1.82, 2.24) is 14.9 Å². The molecule has 3 aromatic rings. The minimum Gasteiger partial charge on any atom is -0.490 e. The normalized spacial score (nSPS) is 15.7. The van der Waals surface area contributed by atoms with Gasteiger partial charge in [-0.1, -0.05) is 29.5 Å². The number of nitrogens with zero attached hydrogens (tertiary/aromatic N) is 3. The third-order valence-corrected chi connectivity index (χ3v) is 7.92. The number of aliphatic hydroxyl groups excluding tert-OH is 1. The Balaban J connectivity index is 1.65. The Morgan fingerprint density at radius 2 is 2.06 bits per heavy atom. The summed E-state index contributed by atoms with van der Waals surface area (Å²) in [4.78, 5) is 0. The molecular formula is C24H26N4O4S2. The molecule has 0 amide bonds. The molecule has 0 saturated heterocycles. The summed E-state index contributed by atoms with van der Waals surface area (Å²) in [5.41, 5.74) is 4.16. The minimum absolute atomic E-state index is 0.0349. The van der Waals surface area contributed by atoms with Crippen LogP contribution < -0.4 is 9.46 Å². The number of aromatic nitrogens is 2. The van der Waals surface area contributed by atoms with Crippen molar-refractivity contribution in [3.8, 4) is 33.0 Å². The van der Waals surface area contributed by atoms with Gasteiger partial charge in [-0.3, -0.25) is 0 Å². The van der Waals surface area contributed by atoms with E-state index < -0.39 is 16.6 Å². The zero-order chi connectivity index (χ0) is 24.3. The molecule has 0 fully saturated rings. The number of ether oxygens (including phenoxy) is 1. The first-order valence-electron chi connectivity index (χ1n) is 11.1. The molecule has 1 aliphatic rings. The standard InChI is InChI=1S/C24H26N4O4S2/c1-15(2)32-22-10-9-16(13-17(22)14-25)23-26-27-24(33-23)20-7-3-6-19-18(20)5-4-8-21(19)28-34(30,31)12-11-29/h3,6-7,9-10,13,15,21,28-29H,4-5,8,11-12H2,1-2H3. The smallest absolute Gasteiger partial charge is 0.214 e. The fourth-order valence-corrected chi connectivity index (χ4v) is 6.05. The molecule has 1 unspecified atom stereocenters. The van der Waals surface area contributed by atoms with Crippen molar-refractivity contribution in [3.05, 3.63) is 53.1 Å². The van der Waals surface area contributed by atoms with Gasteiger partial charge in [-0.15, -0.1) is 10.2 Å². The van der Waals surface area contributed by atoms with Gasteiger partial charge in [-0.2, -0.15) is 5.26 Å². The molecular weight excluding hydrogens is 472 g/mol. The van der Waals surface area contributed by atoms with Gasteiger partial charge in [-0.25, -0.2) is 13.1 Å². The predicted octanol–water partition coefficient (Wildman–Crippen LogP) is 3.82. The van der Waals surface area contributed by atoms with Gasteiger partial charge < -0.3 is 9.84 Å². The zero-order valence-corrected chi connectivity index (χ0v) is 20.6. The monoisotopic (exact) mass is 498 g/mol.